The summed E-state index contributed by atoms with van der Waals surface area (Å²) in [6.07, 6.45) is 30.5. The van der Waals surface area contributed by atoms with Gasteiger partial charge in [-0.05, 0) is 36.8 Å². The number of aryl methyl sites for hydroxylation is 2. The molecule has 3 aromatic rings. The molecule has 0 aliphatic rings. The van der Waals surface area contributed by atoms with Gasteiger partial charge in [-0.1, -0.05) is 296 Å². The molecule has 3 rings (SSSR count). The number of unbranched alkanes of at least 4 members (excludes halogenated alkanes) is 11. The van der Waals surface area contributed by atoms with Gasteiger partial charge in [0.1, 0.15) is 0 Å². The molecule has 0 N–H and O–H groups in total. The van der Waals surface area contributed by atoms with Crippen LogP contribution in [-0.4, -0.2) is 29.8 Å². The topological polar surface area (TPSA) is 0 Å². The Morgan fingerprint density at radius 1 is 0.328 bits per heavy atom. The zero-order chi connectivity index (χ0) is 46.9. The fourth-order valence-electron chi connectivity index (χ4n) is 4.17. The van der Waals surface area contributed by atoms with Crippen LogP contribution in [0.25, 0.3) is 0 Å². The first-order chi connectivity index (χ1) is 29.3. The van der Waals surface area contributed by atoms with Crippen LogP contribution >= 0.6 is 0 Å². The van der Waals surface area contributed by atoms with Crippen molar-refractivity contribution < 1.29 is 65.4 Å². The van der Waals surface area contributed by atoms with E-state index in [1.54, 1.807) is 14.3 Å². The average molecular weight is 1030 g/mol. The van der Waals surface area contributed by atoms with Crippen LogP contribution in [0.5, 0.6) is 0 Å². The van der Waals surface area contributed by atoms with Gasteiger partial charge in [0.2, 0.25) is 0 Å². The zero-order valence-corrected chi connectivity index (χ0v) is 51.8. The Bertz CT molecular complexity index is 837. The van der Waals surface area contributed by atoms with E-state index in [1.807, 2.05) is 50.2 Å². The minimum atomic E-state index is 0. The number of rotatable bonds is 19. The molecule has 0 aromatic heterocycles. The molecule has 0 unspecified atom stereocenters. The van der Waals surface area contributed by atoms with Gasteiger partial charge in [0.25, 0.3) is 0 Å². The van der Waals surface area contributed by atoms with Gasteiger partial charge >= 0.3 is 0 Å². The molecule has 0 fully saturated rings. The van der Waals surface area contributed by atoms with Gasteiger partial charge < -0.3 is 28.7 Å². The minimum absolute atomic E-state index is 0. The first-order valence-electron chi connectivity index (χ1n) is 25.0. The predicted octanol–water partition coefficient (Wildman–Crippen LogP) is 20.1. The minimum Gasteiger partial charge on any atom is -0.358 e. The van der Waals surface area contributed by atoms with E-state index in [1.165, 1.54) is 133 Å². The maximum absolute atomic E-state index is 5.09. The summed E-state index contributed by atoms with van der Waals surface area (Å²) < 4.78 is 0. The first-order valence-corrected chi connectivity index (χ1v) is 25.0. The van der Waals surface area contributed by atoms with Crippen LogP contribution in [0.3, 0.4) is 0 Å². The largest absolute Gasteiger partial charge is 0.358 e. The van der Waals surface area contributed by atoms with Gasteiger partial charge in [-0.2, -0.15) is 12.8 Å². The maximum Gasteiger partial charge on any atom is 0.0544 e. The van der Waals surface area contributed by atoms with Crippen LogP contribution in [-0.2, 0) is 78.3 Å². The van der Waals surface area contributed by atoms with Crippen LogP contribution in [0.4, 0.5) is 0 Å². The van der Waals surface area contributed by atoms with E-state index in [2.05, 4.69) is 144 Å². The quantitative estimate of drug-likeness (QED) is 0.0638. The molecular formula is C58H110B4Y2-4. The Kier molecular flexibility index (Phi) is 149. The number of benzene rings is 3. The normalized spacial score (nSPS) is 8.03. The van der Waals surface area contributed by atoms with Gasteiger partial charge in [0, 0.05) is 80.9 Å². The predicted molar refractivity (Wildman–Crippen MR) is 303 cm³/mol. The molecule has 0 amide bonds. The summed E-state index contributed by atoms with van der Waals surface area (Å²) in [6.45, 7) is 33.0. The van der Waals surface area contributed by atoms with E-state index >= 15 is 0 Å². The van der Waals surface area contributed by atoms with Crippen LogP contribution in [0, 0.1) is 28.7 Å². The van der Waals surface area contributed by atoms with Crippen molar-refractivity contribution in [2.24, 2.45) is 0 Å². The van der Waals surface area contributed by atoms with Crippen molar-refractivity contribution in [2.45, 2.75) is 237 Å². The molecule has 0 saturated carbocycles. The molecule has 0 atom stereocenters. The van der Waals surface area contributed by atoms with Crippen LogP contribution < -0.4 is 0 Å². The molecule has 0 spiro atoms. The SMILES string of the molecule is CCCC.CCCCC.CCCCCC.CCCCCC.[B][B]CCC.[B][B]CCCC.[CH2-]CC.[CH2-]CC.[CH3-].[CH3-].[Y].[Y].c1ccc(CCCCc2ccccc2)cc1.c1ccccc1. The summed E-state index contributed by atoms with van der Waals surface area (Å²) in [5, 5.41) is 0. The van der Waals surface area contributed by atoms with Crippen molar-refractivity contribution in [1.82, 2.24) is 0 Å². The molecule has 0 bridgehead atoms. The molecule has 0 saturated heterocycles. The van der Waals surface area contributed by atoms with E-state index in [-0.39, 0.29) is 80.3 Å². The Labute approximate surface area is 464 Å². The third-order valence-electron chi connectivity index (χ3n) is 7.83. The molecule has 6 heteroatoms. The summed E-state index contributed by atoms with van der Waals surface area (Å²) >= 11 is 0. The molecule has 0 heterocycles. The van der Waals surface area contributed by atoms with Crippen molar-refractivity contribution in [2.75, 3.05) is 0 Å². The van der Waals surface area contributed by atoms with E-state index in [0.29, 0.717) is 0 Å². The van der Waals surface area contributed by atoms with Crippen molar-refractivity contribution >= 4 is 29.8 Å². The van der Waals surface area contributed by atoms with Gasteiger partial charge in [0.15, 0.2) is 0 Å². The first kappa shape index (κ1) is 90.5. The summed E-state index contributed by atoms with van der Waals surface area (Å²) in [5.74, 6) is 0. The third kappa shape index (κ3) is 125. The molecule has 364 valence electrons. The molecule has 8 radical (unpaired) electrons. The van der Waals surface area contributed by atoms with Gasteiger partial charge in [-0.25, -0.2) is 0 Å². The average Bonchev–Trinajstić information content (AvgIpc) is 3.29. The summed E-state index contributed by atoms with van der Waals surface area (Å²) in [7, 11) is 13.5. The number of hydrogen-bond acceptors (Lipinski definition) is 0. The van der Waals surface area contributed by atoms with E-state index in [9.17, 15) is 0 Å². The van der Waals surface area contributed by atoms with Crippen molar-refractivity contribution in [3.8, 4) is 0 Å². The fourth-order valence-corrected chi connectivity index (χ4v) is 4.17. The van der Waals surface area contributed by atoms with Gasteiger partial charge in [-0.15, -0.1) is 0 Å². The third-order valence-corrected chi connectivity index (χ3v) is 7.83. The molecular weight excluding hydrogens is 918 g/mol. The van der Waals surface area contributed by atoms with Crippen molar-refractivity contribution in [1.29, 1.82) is 0 Å². The molecule has 0 aliphatic heterocycles. The van der Waals surface area contributed by atoms with Gasteiger partial charge in [0.05, 0.1) is 14.3 Å². The Balaban J connectivity index is -0.0000000570. The number of hydrogen-bond donors (Lipinski definition) is 0. The molecule has 0 aliphatic carbocycles. The maximum atomic E-state index is 5.09. The van der Waals surface area contributed by atoms with Gasteiger partial charge in [-0.3, -0.25) is 0 Å². The smallest absolute Gasteiger partial charge is 0.0544 e. The van der Waals surface area contributed by atoms with E-state index in [4.69, 9.17) is 15.5 Å². The second-order valence-electron chi connectivity index (χ2n) is 14.5. The zero-order valence-electron chi connectivity index (χ0n) is 46.1. The summed E-state index contributed by atoms with van der Waals surface area (Å²) in [4.78, 5) is 0. The molecule has 64 heavy (non-hydrogen) atoms. The second-order valence-corrected chi connectivity index (χ2v) is 14.5. The van der Waals surface area contributed by atoms with E-state index < -0.39 is 0 Å². The van der Waals surface area contributed by atoms with E-state index in [0.717, 1.165) is 31.9 Å². The van der Waals surface area contributed by atoms with Crippen molar-refractivity contribution in [3.63, 3.8) is 0 Å². The van der Waals surface area contributed by atoms with Crippen LogP contribution in [0.15, 0.2) is 97.1 Å². The second kappa shape index (κ2) is 105. The molecule has 0 nitrogen and oxygen atoms in total. The Hall–Kier alpha value is 0.128. The fraction of sp³-hybridized carbons (Fsp3) is 0.621. The monoisotopic (exact) mass is 1030 g/mol. The summed E-state index contributed by atoms with van der Waals surface area (Å²) in [6, 6.07) is 33.5. The standard InChI is InChI=1S/C16H18.C6H6.2C6H14.C5H12.C4H9B2.C4H10.C3H7B2.2C3H7.2CH3.2Y/c1-3-9-15(10-4-1)13-7-8-14-16-11-5-2-6-12-16;1-2-4-6-5-3-1;2*1-3-5-6-4-2;1-3-5-4-2;1-2-3-4-6-5;1-3-4-2;1-2-3-5-4;2*1-3-2;;;;/h1-6,9-12H,7-8,13-14H2;1-6H;2*3-6H2,1-2H3;3-5H2,1-2H3;2-4H2,1H3;3-4H2,1-2H3;2-3H2,1H3;2*1,3H2,2H3;2*1H3;;/q;;;;;;;;4*-1;;. The van der Waals surface area contributed by atoms with Crippen LogP contribution in [0.1, 0.15) is 223 Å². The molecule has 3 aromatic carbocycles. The summed E-state index contributed by atoms with van der Waals surface area (Å²) in [5.41, 5.74) is 2.91. The Morgan fingerprint density at radius 3 is 0.703 bits per heavy atom. The van der Waals surface area contributed by atoms with Crippen LogP contribution in [0.2, 0.25) is 12.6 Å². The van der Waals surface area contributed by atoms with Crippen molar-refractivity contribution in [3.05, 3.63) is 137 Å². The Morgan fingerprint density at radius 2 is 0.562 bits per heavy atom.